The van der Waals surface area contributed by atoms with E-state index in [2.05, 4.69) is 15.0 Å². The Kier molecular flexibility index (Phi) is 2.99. The van der Waals surface area contributed by atoms with E-state index in [1.54, 1.807) is 12.1 Å². The molecular weight excluding hydrogens is 237 g/mol. The number of rotatable bonds is 2. The first-order chi connectivity index (χ1) is 7.24. The summed E-state index contributed by atoms with van der Waals surface area (Å²) in [6.45, 7) is 0. The van der Waals surface area contributed by atoms with Crippen molar-refractivity contribution in [3.63, 3.8) is 0 Å². The Bertz CT molecular complexity index is 400. The third kappa shape index (κ3) is 2.78. The van der Waals surface area contributed by atoms with E-state index in [0.717, 1.165) is 0 Å². The molecule has 0 spiro atoms. The van der Waals surface area contributed by atoms with Gasteiger partial charge in [0.1, 0.15) is 10.9 Å². The van der Waals surface area contributed by atoms with Gasteiger partial charge in [-0.05, 0) is 12.1 Å². The first kappa shape index (κ1) is 10.1. The molecule has 0 atom stereocenters. The summed E-state index contributed by atoms with van der Waals surface area (Å²) in [6.07, 6.45) is 4.39. The highest BCUT2D eigenvalue weighted by Gasteiger charge is 2.00. The average molecular weight is 242 g/mol. The zero-order valence-corrected chi connectivity index (χ0v) is 8.90. The topological polar surface area (TPSA) is 47.9 Å². The minimum absolute atomic E-state index is 0.212. The third-order valence-corrected chi connectivity index (χ3v) is 1.92. The Hall–Kier alpha value is -1.39. The van der Waals surface area contributed by atoms with Crippen LogP contribution in [0.25, 0.3) is 0 Å². The van der Waals surface area contributed by atoms with Crippen LogP contribution in [0.2, 0.25) is 10.2 Å². The number of halogens is 2. The normalized spacial score (nSPS) is 10.0. The van der Waals surface area contributed by atoms with Crippen molar-refractivity contribution in [1.29, 1.82) is 0 Å². The average Bonchev–Trinajstić information content (AvgIpc) is 2.25. The van der Waals surface area contributed by atoms with Crippen molar-refractivity contribution in [2.24, 2.45) is 0 Å². The maximum absolute atomic E-state index is 5.63. The number of pyridine rings is 1. The lowest BCUT2D eigenvalue weighted by Gasteiger charge is -2.01. The van der Waals surface area contributed by atoms with E-state index in [4.69, 9.17) is 27.9 Å². The summed E-state index contributed by atoms with van der Waals surface area (Å²) in [5.74, 6) is 0.515. The van der Waals surface area contributed by atoms with Crippen molar-refractivity contribution in [2.45, 2.75) is 0 Å². The second-order valence-corrected chi connectivity index (χ2v) is 3.43. The lowest BCUT2D eigenvalue weighted by atomic mass is 10.5. The molecule has 4 nitrogen and oxygen atoms in total. The zero-order valence-electron chi connectivity index (χ0n) is 7.39. The Morgan fingerprint density at radius 3 is 2.27 bits per heavy atom. The fourth-order valence-electron chi connectivity index (χ4n) is 0.881. The predicted octanol–water partition coefficient (Wildman–Crippen LogP) is 2.97. The Labute approximate surface area is 95.9 Å². The summed E-state index contributed by atoms with van der Waals surface area (Å²) < 4.78 is 5.29. The fourth-order valence-corrected chi connectivity index (χ4v) is 1.09. The molecule has 0 unspecified atom stereocenters. The van der Waals surface area contributed by atoms with E-state index in [0.29, 0.717) is 15.9 Å². The lowest BCUT2D eigenvalue weighted by Crippen LogP contribution is -1.91. The van der Waals surface area contributed by atoms with Crippen LogP contribution in [-0.2, 0) is 0 Å². The van der Waals surface area contributed by atoms with Gasteiger partial charge in [-0.3, -0.25) is 0 Å². The smallest absolute Gasteiger partial charge is 0.322 e. The predicted molar refractivity (Wildman–Crippen MR) is 56.4 cm³/mol. The second-order valence-electron chi connectivity index (χ2n) is 2.60. The van der Waals surface area contributed by atoms with E-state index in [1.807, 2.05) is 0 Å². The molecule has 0 radical (unpaired) electrons. The molecule has 76 valence electrons. The van der Waals surface area contributed by atoms with Gasteiger partial charge in [-0.15, -0.1) is 0 Å². The molecule has 0 N–H and O–H groups in total. The quantitative estimate of drug-likeness (QED) is 0.759. The Balaban J connectivity index is 2.15. The first-order valence-electron chi connectivity index (χ1n) is 4.01. The van der Waals surface area contributed by atoms with Crippen LogP contribution in [0.3, 0.4) is 0 Å². The molecule has 0 saturated carbocycles. The van der Waals surface area contributed by atoms with E-state index in [9.17, 15) is 0 Å². The van der Waals surface area contributed by atoms with Crippen LogP contribution < -0.4 is 4.74 Å². The minimum atomic E-state index is 0.212. The molecule has 0 amide bonds. The summed E-state index contributed by atoms with van der Waals surface area (Å²) >= 11 is 11.2. The molecule has 2 rings (SSSR count). The number of hydrogen-bond acceptors (Lipinski definition) is 4. The summed E-state index contributed by atoms with van der Waals surface area (Å²) in [5, 5.41) is 0.857. The number of aromatic nitrogens is 3. The van der Waals surface area contributed by atoms with Gasteiger partial charge in [-0.2, -0.15) is 0 Å². The molecule has 0 fully saturated rings. The molecule has 0 saturated heterocycles. The van der Waals surface area contributed by atoms with Crippen LogP contribution in [0.1, 0.15) is 0 Å². The molecule has 0 aliphatic rings. The summed E-state index contributed by atoms with van der Waals surface area (Å²) in [5.41, 5.74) is 0. The van der Waals surface area contributed by atoms with Gasteiger partial charge >= 0.3 is 6.01 Å². The van der Waals surface area contributed by atoms with Crippen LogP contribution in [0.15, 0.2) is 30.7 Å². The van der Waals surface area contributed by atoms with Crippen molar-refractivity contribution in [2.75, 3.05) is 0 Å². The molecule has 15 heavy (non-hydrogen) atoms. The SMILES string of the molecule is Clc1cnc(Oc2ccc(Cl)nc2)nc1. The van der Waals surface area contributed by atoms with Gasteiger partial charge in [0.05, 0.1) is 23.6 Å². The molecule has 2 heterocycles. The highest BCUT2D eigenvalue weighted by Crippen LogP contribution is 2.18. The van der Waals surface area contributed by atoms with Crippen molar-refractivity contribution in [3.8, 4) is 11.8 Å². The van der Waals surface area contributed by atoms with Crippen LogP contribution in [0.5, 0.6) is 11.8 Å². The van der Waals surface area contributed by atoms with Gasteiger partial charge in [0.25, 0.3) is 0 Å². The van der Waals surface area contributed by atoms with Gasteiger partial charge in [0, 0.05) is 0 Å². The molecule has 6 heteroatoms. The lowest BCUT2D eigenvalue weighted by molar-refractivity contribution is 0.440. The van der Waals surface area contributed by atoms with Crippen molar-refractivity contribution in [1.82, 2.24) is 15.0 Å². The third-order valence-electron chi connectivity index (χ3n) is 1.51. The van der Waals surface area contributed by atoms with Crippen LogP contribution in [0.4, 0.5) is 0 Å². The van der Waals surface area contributed by atoms with Crippen molar-refractivity contribution < 1.29 is 4.74 Å². The number of nitrogens with zero attached hydrogens (tertiary/aromatic N) is 3. The van der Waals surface area contributed by atoms with Gasteiger partial charge in [0.15, 0.2) is 0 Å². The van der Waals surface area contributed by atoms with Gasteiger partial charge < -0.3 is 4.74 Å². The molecule has 0 bridgehead atoms. The fraction of sp³-hybridized carbons (Fsp3) is 0. The second kappa shape index (κ2) is 4.42. The maximum Gasteiger partial charge on any atom is 0.322 e. The van der Waals surface area contributed by atoms with Gasteiger partial charge in [-0.25, -0.2) is 15.0 Å². The standard InChI is InChI=1S/C9H5Cl2N3O/c10-6-3-13-9(14-4-6)15-7-1-2-8(11)12-5-7/h1-5H. The summed E-state index contributed by atoms with van der Waals surface area (Å²) in [7, 11) is 0. The number of ether oxygens (including phenoxy) is 1. The monoisotopic (exact) mass is 241 g/mol. The first-order valence-corrected chi connectivity index (χ1v) is 4.76. The van der Waals surface area contributed by atoms with Crippen LogP contribution in [0, 0.1) is 0 Å². The van der Waals surface area contributed by atoms with Gasteiger partial charge in [-0.1, -0.05) is 23.2 Å². The maximum atomic E-state index is 5.63. The van der Waals surface area contributed by atoms with E-state index in [-0.39, 0.29) is 6.01 Å². The molecule has 2 aromatic rings. The number of hydrogen-bond donors (Lipinski definition) is 0. The Morgan fingerprint density at radius 1 is 0.933 bits per heavy atom. The summed E-state index contributed by atoms with van der Waals surface area (Å²) in [6, 6.07) is 3.50. The highest BCUT2D eigenvalue weighted by atomic mass is 35.5. The highest BCUT2D eigenvalue weighted by molar-refractivity contribution is 6.30. The van der Waals surface area contributed by atoms with E-state index in [1.165, 1.54) is 18.6 Å². The summed E-state index contributed by atoms with van der Waals surface area (Å²) in [4.78, 5) is 11.6. The van der Waals surface area contributed by atoms with Gasteiger partial charge in [0.2, 0.25) is 0 Å². The molecule has 0 aliphatic heterocycles. The van der Waals surface area contributed by atoms with Crippen molar-refractivity contribution >= 4 is 23.2 Å². The largest absolute Gasteiger partial charge is 0.423 e. The van der Waals surface area contributed by atoms with Crippen molar-refractivity contribution in [3.05, 3.63) is 40.9 Å². The minimum Gasteiger partial charge on any atom is -0.423 e. The molecule has 0 aliphatic carbocycles. The molecular formula is C9H5Cl2N3O. The van der Waals surface area contributed by atoms with Crippen LogP contribution >= 0.6 is 23.2 Å². The molecule has 0 aromatic carbocycles. The zero-order chi connectivity index (χ0) is 10.7. The molecule has 2 aromatic heterocycles. The van der Waals surface area contributed by atoms with E-state index < -0.39 is 0 Å². The Morgan fingerprint density at radius 2 is 1.67 bits per heavy atom. The van der Waals surface area contributed by atoms with Crippen LogP contribution in [-0.4, -0.2) is 15.0 Å². The van der Waals surface area contributed by atoms with E-state index >= 15 is 0 Å².